The molecule has 1 aromatic rings. The molecule has 2 rings (SSSR count). The molecule has 0 spiro atoms. The zero-order valence-corrected chi connectivity index (χ0v) is 9.22. The van der Waals surface area contributed by atoms with Gasteiger partial charge in [0.05, 0.1) is 0 Å². The minimum atomic E-state index is -0.273. The van der Waals surface area contributed by atoms with Crippen LogP contribution in [-0.2, 0) is 4.79 Å². The van der Waals surface area contributed by atoms with E-state index < -0.39 is 0 Å². The van der Waals surface area contributed by atoms with Crippen LogP contribution in [0, 0.1) is 18.2 Å². The van der Waals surface area contributed by atoms with E-state index in [9.17, 15) is 9.18 Å². The molecule has 2 nitrogen and oxygen atoms in total. The number of nitrogens with one attached hydrogen (secondary N) is 1. The first-order chi connectivity index (χ1) is 7.56. The number of hydrogen-bond acceptors (Lipinski definition) is 2. The van der Waals surface area contributed by atoms with Crippen molar-refractivity contribution in [1.29, 1.82) is 5.41 Å². The molecule has 1 aliphatic rings. The van der Waals surface area contributed by atoms with Crippen LogP contribution in [0.25, 0.3) is 0 Å². The van der Waals surface area contributed by atoms with Gasteiger partial charge in [0, 0.05) is 18.6 Å². The van der Waals surface area contributed by atoms with Gasteiger partial charge in [0.25, 0.3) is 0 Å². The number of rotatable bonds is 1. The standard InChI is InChI=1S/C13H14FNO/c1-8-2-3-10(14)6-13(8)9-4-11(15)7-12(16)5-9/h2-3,6,9,15H,4-5,7H2,1H3. The maximum absolute atomic E-state index is 13.2. The Kier molecular flexibility index (Phi) is 2.86. The van der Waals surface area contributed by atoms with Gasteiger partial charge in [-0.05, 0) is 42.5 Å². The number of Topliss-reactive ketones (excluding diaryl/α,β-unsaturated/α-hetero) is 1. The number of hydrogen-bond donors (Lipinski definition) is 1. The molecule has 84 valence electrons. The Morgan fingerprint density at radius 3 is 2.81 bits per heavy atom. The Bertz CT molecular complexity index is 437. The molecule has 1 aliphatic carbocycles. The summed E-state index contributed by atoms with van der Waals surface area (Å²) < 4.78 is 13.2. The van der Waals surface area contributed by atoms with E-state index in [2.05, 4.69) is 0 Å². The summed E-state index contributed by atoms with van der Waals surface area (Å²) in [5.74, 6) is -0.195. The van der Waals surface area contributed by atoms with Crippen LogP contribution in [0.3, 0.4) is 0 Å². The number of halogens is 1. The highest BCUT2D eigenvalue weighted by molar-refractivity contribution is 6.03. The molecule has 1 aromatic carbocycles. The van der Waals surface area contributed by atoms with Crippen LogP contribution in [0.2, 0.25) is 0 Å². The second kappa shape index (κ2) is 4.16. The predicted octanol–water partition coefficient (Wildman–Crippen LogP) is 2.99. The Balaban J connectivity index is 2.32. The molecular formula is C13H14FNO. The molecule has 0 saturated heterocycles. The average molecular weight is 219 g/mol. The molecule has 1 saturated carbocycles. The third kappa shape index (κ3) is 2.18. The van der Waals surface area contributed by atoms with Crippen LogP contribution in [-0.4, -0.2) is 11.5 Å². The minimum Gasteiger partial charge on any atom is -0.309 e. The fourth-order valence-corrected chi connectivity index (χ4v) is 2.30. The second-order valence-electron chi connectivity index (χ2n) is 4.43. The highest BCUT2D eigenvalue weighted by Gasteiger charge is 2.25. The van der Waals surface area contributed by atoms with Gasteiger partial charge < -0.3 is 5.41 Å². The summed E-state index contributed by atoms with van der Waals surface area (Å²) in [4.78, 5) is 11.4. The zero-order chi connectivity index (χ0) is 11.7. The number of ketones is 1. The second-order valence-corrected chi connectivity index (χ2v) is 4.43. The maximum atomic E-state index is 13.2. The molecule has 0 aromatic heterocycles. The Morgan fingerprint density at radius 2 is 2.12 bits per heavy atom. The Hall–Kier alpha value is -1.51. The number of carbonyl (C=O) groups excluding carboxylic acids is 1. The minimum absolute atomic E-state index is 0.00977. The van der Waals surface area contributed by atoms with Gasteiger partial charge >= 0.3 is 0 Å². The van der Waals surface area contributed by atoms with E-state index in [1.165, 1.54) is 12.1 Å². The number of aryl methyl sites for hydroxylation is 1. The number of benzene rings is 1. The van der Waals surface area contributed by atoms with Gasteiger partial charge in [-0.15, -0.1) is 0 Å². The maximum Gasteiger partial charge on any atom is 0.139 e. The van der Waals surface area contributed by atoms with Gasteiger partial charge in [-0.2, -0.15) is 0 Å². The molecular weight excluding hydrogens is 205 g/mol. The van der Waals surface area contributed by atoms with Gasteiger partial charge in [0.15, 0.2) is 0 Å². The van der Waals surface area contributed by atoms with Crippen molar-refractivity contribution in [3.8, 4) is 0 Å². The molecule has 1 unspecified atom stereocenters. The van der Waals surface area contributed by atoms with Gasteiger partial charge in [0.2, 0.25) is 0 Å². The normalized spacial score (nSPS) is 21.2. The zero-order valence-electron chi connectivity index (χ0n) is 9.22. The van der Waals surface area contributed by atoms with Gasteiger partial charge in [0.1, 0.15) is 11.6 Å². The first-order valence-electron chi connectivity index (χ1n) is 5.40. The van der Waals surface area contributed by atoms with Crippen molar-refractivity contribution in [2.45, 2.75) is 32.1 Å². The molecule has 0 heterocycles. The third-order valence-electron chi connectivity index (χ3n) is 3.06. The Labute approximate surface area is 94.0 Å². The lowest BCUT2D eigenvalue weighted by atomic mass is 9.81. The lowest BCUT2D eigenvalue weighted by Crippen LogP contribution is -2.21. The molecule has 1 N–H and O–H groups in total. The predicted molar refractivity (Wildman–Crippen MR) is 60.5 cm³/mol. The lowest BCUT2D eigenvalue weighted by Gasteiger charge is -2.23. The first-order valence-corrected chi connectivity index (χ1v) is 5.40. The third-order valence-corrected chi connectivity index (χ3v) is 3.06. The van der Waals surface area contributed by atoms with Gasteiger partial charge in [-0.3, -0.25) is 4.79 Å². The van der Waals surface area contributed by atoms with Crippen molar-refractivity contribution in [3.63, 3.8) is 0 Å². The SMILES string of the molecule is Cc1ccc(F)cc1C1CC(=N)CC(=O)C1. The van der Waals surface area contributed by atoms with Crippen LogP contribution in [0.4, 0.5) is 4.39 Å². The van der Waals surface area contributed by atoms with Crippen molar-refractivity contribution in [3.05, 3.63) is 35.1 Å². The molecule has 0 radical (unpaired) electrons. The van der Waals surface area contributed by atoms with Crippen molar-refractivity contribution < 1.29 is 9.18 Å². The van der Waals surface area contributed by atoms with Crippen LogP contribution in [0.1, 0.15) is 36.3 Å². The van der Waals surface area contributed by atoms with Gasteiger partial charge in [-0.25, -0.2) is 4.39 Å². The van der Waals surface area contributed by atoms with Crippen LogP contribution in [0.5, 0.6) is 0 Å². The fraction of sp³-hybridized carbons (Fsp3) is 0.385. The smallest absolute Gasteiger partial charge is 0.139 e. The largest absolute Gasteiger partial charge is 0.309 e. The molecule has 0 aliphatic heterocycles. The first kappa shape index (κ1) is 11.0. The topological polar surface area (TPSA) is 40.9 Å². The fourth-order valence-electron chi connectivity index (χ4n) is 2.30. The lowest BCUT2D eigenvalue weighted by molar-refractivity contribution is -0.118. The molecule has 16 heavy (non-hydrogen) atoms. The highest BCUT2D eigenvalue weighted by Crippen LogP contribution is 2.31. The van der Waals surface area contributed by atoms with E-state index in [1.807, 2.05) is 6.92 Å². The summed E-state index contributed by atoms with van der Waals surface area (Å²) in [7, 11) is 0. The van der Waals surface area contributed by atoms with Crippen LogP contribution in [0.15, 0.2) is 18.2 Å². The average Bonchev–Trinajstić information content (AvgIpc) is 2.20. The van der Waals surface area contributed by atoms with E-state index >= 15 is 0 Å². The molecule has 1 atom stereocenters. The summed E-state index contributed by atoms with van der Waals surface area (Å²) in [6.45, 7) is 1.91. The molecule has 0 amide bonds. The van der Waals surface area contributed by atoms with E-state index in [4.69, 9.17) is 5.41 Å². The van der Waals surface area contributed by atoms with Crippen LogP contribution >= 0.6 is 0 Å². The monoisotopic (exact) mass is 219 g/mol. The van der Waals surface area contributed by atoms with E-state index in [1.54, 1.807) is 6.07 Å². The van der Waals surface area contributed by atoms with Crippen molar-refractivity contribution in [1.82, 2.24) is 0 Å². The van der Waals surface area contributed by atoms with E-state index in [-0.39, 0.29) is 23.9 Å². The Morgan fingerprint density at radius 1 is 1.38 bits per heavy atom. The van der Waals surface area contributed by atoms with Gasteiger partial charge in [-0.1, -0.05) is 6.07 Å². The summed E-state index contributed by atoms with van der Waals surface area (Å²) >= 11 is 0. The highest BCUT2D eigenvalue weighted by atomic mass is 19.1. The summed E-state index contributed by atoms with van der Waals surface area (Å²) in [5, 5.41) is 7.61. The summed E-state index contributed by atoms with van der Waals surface area (Å²) in [5.41, 5.74) is 2.33. The van der Waals surface area contributed by atoms with Crippen molar-refractivity contribution in [2.24, 2.45) is 0 Å². The molecule has 0 bridgehead atoms. The molecule has 3 heteroatoms. The number of carbonyl (C=O) groups is 1. The quantitative estimate of drug-likeness (QED) is 0.775. The van der Waals surface area contributed by atoms with Crippen molar-refractivity contribution in [2.75, 3.05) is 0 Å². The summed E-state index contributed by atoms with van der Waals surface area (Å²) in [6.07, 6.45) is 1.29. The van der Waals surface area contributed by atoms with E-state index in [0.29, 0.717) is 18.6 Å². The van der Waals surface area contributed by atoms with Crippen molar-refractivity contribution >= 4 is 11.5 Å². The molecule has 1 fully saturated rings. The summed E-state index contributed by atoms with van der Waals surface area (Å²) in [6, 6.07) is 4.65. The van der Waals surface area contributed by atoms with Crippen LogP contribution < -0.4 is 0 Å². The van der Waals surface area contributed by atoms with E-state index in [0.717, 1.165) is 11.1 Å².